The molecule has 120 valence electrons. The van der Waals surface area contributed by atoms with Crippen LogP contribution in [0.1, 0.15) is 16.3 Å². The van der Waals surface area contributed by atoms with Crippen LogP contribution < -0.4 is 5.32 Å². The summed E-state index contributed by atoms with van der Waals surface area (Å²) in [5, 5.41) is 10.1. The topological polar surface area (TPSA) is 111 Å². The summed E-state index contributed by atoms with van der Waals surface area (Å²) in [6.45, 7) is 0.162. The summed E-state index contributed by atoms with van der Waals surface area (Å²) in [6.07, 6.45) is 4.13. The van der Waals surface area contributed by atoms with Gasteiger partial charge in [-0.1, -0.05) is 6.07 Å². The molecule has 0 spiro atoms. The van der Waals surface area contributed by atoms with E-state index < -0.39 is 15.7 Å². The van der Waals surface area contributed by atoms with Crippen LogP contribution >= 0.6 is 0 Å². The maximum atomic E-state index is 12.4. The summed E-state index contributed by atoms with van der Waals surface area (Å²) in [6, 6.07) is 5.02. The number of amides is 1. The minimum absolute atomic E-state index is 0.0493. The highest BCUT2D eigenvalue weighted by Crippen LogP contribution is 2.16. The molecule has 0 bridgehead atoms. The molecule has 1 N–H and O–H groups in total. The summed E-state index contributed by atoms with van der Waals surface area (Å²) in [4.78, 5) is 16.4. The van der Waals surface area contributed by atoms with E-state index in [2.05, 4.69) is 20.5 Å². The second kappa shape index (κ2) is 5.47. The van der Waals surface area contributed by atoms with Gasteiger partial charge >= 0.3 is 0 Å². The molecule has 10 heteroatoms. The fraction of sp³-hybridized carbons (Fsp3) is 0.231. The number of nitrogens with zero attached hydrogens (tertiary/aromatic N) is 5. The van der Waals surface area contributed by atoms with Crippen LogP contribution in [0.2, 0.25) is 0 Å². The number of carbonyl (C=O) groups is 1. The van der Waals surface area contributed by atoms with Crippen molar-refractivity contribution in [2.45, 2.75) is 11.7 Å². The van der Waals surface area contributed by atoms with Gasteiger partial charge in [-0.3, -0.25) is 9.20 Å². The lowest BCUT2D eigenvalue weighted by atomic mass is 10.3. The summed E-state index contributed by atoms with van der Waals surface area (Å²) in [5.74, 6) is 0.0943. The first-order valence-electron chi connectivity index (χ1n) is 6.66. The van der Waals surface area contributed by atoms with Crippen molar-refractivity contribution >= 4 is 21.3 Å². The highest BCUT2D eigenvalue weighted by molar-refractivity contribution is 7.90. The van der Waals surface area contributed by atoms with E-state index in [1.54, 1.807) is 36.0 Å². The van der Waals surface area contributed by atoms with Crippen LogP contribution in [0.15, 0.2) is 35.9 Å². The Labute approximate surface area is 131 Å². The molecule has 3 aromatic heterocycles. The smallest absolute Gasteiger partial charge is 0.272 e. The summed E-state index contributed by atoms with van der Waals surface area (Å²) < 4.78 is 26.7. The van der Waals surface area contributed by atoms with Gasteiger partial charge in [0.05, 0.1) is 12.1 Å². The molecule has 0 saturated carbocycles. The van der Waals surface area contributed by atoms with Crippen molar-refractivity contribution in [2.75, 3.05) is 6.26 Å². The number of imidazole rings is 1. The predicted octanol–water partition coefficient (Wildman–Crippen LogP) is -0.204. The van der Waals surface area contributed by atoms with Gasteiger partial charge in [0.25, 0.3) is 5.91 Å². The van der Waals surface area contributed by atoms with Gasteiger partial charge < -0.3 is 9.88 Å². The summed E-state index contributed by atoms with van der Waals surface area (Å²) in [5.41, 5.74) is 0.469. The van der Waals surface area contributed by atoms with Crippen molar-refractivity contribution < 1.29 is 13.2 Å². The van der Waals surface area contributed by atoms with Gasteiger partial charge in [-0.05, 0) is 12.1 Å². The van der Waals surface area contributed by atoms with Crippen molar-refractivity contribution in [3.63, 3.8) is 0 Å². The van der Waals surface area contributed by atoms with E-state index in [1.807, 2.05) is 0 Å². The van der Waals surface area contributed by atoms with Gasteiger partial charge in [0.15, 0.2) is 11.5 Å². The lowest BCUT2D eigenvalue weighted by molar-refractivity contribution is 0.0946. The quantitative estimate of drug-likeness (QED) is 0.707. The van der Waals surface area contributed by atoms with Crippen LogP contribution in [-0.2, 0) is 23.4 Å². The number of aromatic nitrogens is 5. The molecule has 1 amide bonds. The number of fused-ring (bicyclic) bond motifs is 1. The fourth-order valence-electron chi connectivity index (χ4n) is 2.15. The van der Waals surface area contributed by atoms with Gasteiger partial charge in [0.2, 0.25) is 15.0 Å². The monoisotopic (exact) mass is 334 g/mol. The molecule has 3 aromatic rings. The van der Waals surface area contributed by atoms with Gasteiger partial charge in [0, 0.05) is 19.5 Å². The number of carbonyl (C=O) groups excluding carboxylic acids is 1. The third kappa shape index (κ3) is 2.80. The Balaban J connectivity index is 1.96. The molecular formula is C13H14N6O3S. The van der Waals surface area contributed by atoms with E-state index in [1.165, 1.54) is 10.7 Å². The molecule has 3 heterocycles. The van der Waals surface area contributed by atoms with Crippen LogP contribution in [0.5, 0.6) is 0 Å². The third-order valence-electron chi connectivity index (χ3n) is 3.27. The number of hydrogen-bond acceptors (Lipinski definition) is 6. The zero-order valence-corrected chi connectivity index (χ0v) is 13.3. The first-order valence-corrected chi connectivity index (χ1v) is 8.55. The zero-order chi connectivity index (χ0) is 16.6. The molecule has 0 aliphatic carbocycles. The Morgan fingerprint density at radius 1 is 1.35 bits per heavy atom. The zero-order valence-electron chi connectivity index (χ0n) is 12.5. The van der Waals surface area contributed by atoms with Gasteiger partial charge in [-0.25, -0.2) is 13.4 Å². The molecule has 0 unspecified atom stereocenters. The molecule has 3 rings (SSSR count). The SMILES string of the molecule is Cn1cnnc1CNC(=O)c1nc(S(C)(=O)=O)n2ccccc12. The Hall–Kier alpha value is -2.75. The molecular weight excluding hydrogens is 320 g/mol. The number of pyridine rings is 1. The maximum Gasteiger partial charge on any atom is 0.272 e. The molecule has 0 aromatic carbocycles. The largest absolute Gasteiger partial charge is 0.343 e. The van der Waals surface area contributed by atoms with Gasteiger partial charge in [-0.15, -0.1) is 10.2 Å². The number of nitrogens with one attached hydrogen (secondary N) is 1. The molecule has 0 aliphatic rings. The third-order valence-corrected chi connectivity index (χ3v) is 4.23. The van der Waals surface area contributed by atoms with E-state index in [-0.39, 0.29) is 17.4 Å². The lowest BCUT2D eigenvalue weighted by Crippen LogP contribution is -2.25. The van der Waals surface area contributed by atoms with Crippen molar-refractivity contribution in [1.29, 1.82) is 0 Å². The molecule has 0 saturated heterocycles. The van der Waals surface area contributed by atoms with Crippen LogP contribution in [-0.4, -0.2) is 44.7 Å². The minimum atomic E-state index is -3.56. The minimum Gasteiger partial charge on any atom is -0.343 e. The molecule has 0 atom stereocenters. The number of hydrogen-bond donors (Lipinski definition) is 1. The van der Waals surface area contributed by atoms with E-state index in [4.69, 9.17) is 0 Å². The van der Waals surface area contributed by atoms with Crippen molar-refractivity contribution in [3.05, 3.63) is 42.2 Å². The molecule has 9 nitrogen and oxygen atoms in total. The summed E-state index contributed by atoms with van der Waals surface area (Å²) in [7, 11) is -1.80. The van der Waals surface area contributed by atoms with E-state index >= 15 is 0 Å². The average Bonchev–Trinajstić information content (AvgIpc) is 3.08. The first-order chi connectivity index (χ1) is 10.9. The van der Waals surface area contributed by atoms with E-state index in [0.717, 1.165) is 6.26 Å². The molecule has 0 radical (unpaired) electrons. The number of rotatable bonds is 4. The van der Waals surface area contributed by atoms with Crippen molar-refractivity contribution in [1.82, 2.24) is 29.5 Å². The number of sulfone groups is 1. The lowest BCUT2D eigenvalue weighted by Gasteiger charge is -2.03. The second-order valence-corrected chi connectivity index (χ2v) is 6.92. The molecule has 0 aliphatic heterocycles. The highest BCUT2D eigenvalue weighted by Gasteiger charge is 2.22. The normalized spacial score (nSPS) is 11.7. The van der Waals surface area contributed by atoms with E-state index in [0.29, 0.717) is 11.3 Å². The average molecular weight is 334 g/mol. The molecule has 0 fully saturated rings. The standard InChI is InChI=1S/C13H14N6O3S/c1-18-8-15-17-10(18)7-14-12(20)11-9-5-3-4-6-19(9)13(16-11)23(2,21)22/h3-6,8H,7H2,1-2H3,(H,14,20). The Bertz CT molecular complexity index is 988. The fourth-order valence-corrected chi connectivity index (χ4v) is 2.92. The van der Waals surface area contributed by atoms with Crippen molar-refractivity contribution in [3.8, 4) is 0 Å². The highest BCUT2D eigenvalue weighted by atomic mass is 32.2. The van der Waals surface area contributed by atoms with Gasteiger partial charge in [0.1, 0.15) is 6.33 Å². The predicted molar refractivity (Wildman–Crippen MR) is 80.5 cm³/mol. The van der Waals surface area contributed by atoms with Crippen LogP contribution in [0, 0.1) is 0 Å². The van der Waals surface area contributed by atoms with Crippen LogP contribution in [0.4, 0.5) is 0 Å². The van der Waals surface area contributed by atoms with Crippen molar-refractivity contribution in [2.24, 2.45) is 7.05 Å². The second-order valence-electron chi connectivity index (χ2n) is 5.01. The van der Waals surface area contributed by atoms with Gasteiger partial charge in [-0.2, -0.15) is 0 Å². The first kappa shape index (κ1) is 15.2. The maximum absolute atomic E-state index is 12.4. The Kier molecular flexibility index (Phi) is 3.60. The van der Waals surface area contributed by atoms with Crippen LogP contribution in [0.25, 0.3) is 5.52 Å². The summed E-state index contributed by atoms with van der Waals surface area (Å²) >= 11 is 0. The van der Waals surface area contributed by atoms with E-state index in [9.17, 15) is 13.2 Å². The Morgan fingerprint density at radius 2 is 2.13 bits per heavy atom. The van der Waals surface area contributed by atoms with Crippen LogP contribution in [0.3, 0.4) is 0 Å². The molecule has 23 heavy (non-hydrogen) atoms. The Morgan fingerprint density at radius 3 is 2.78 bits per heavy atom. The number of aryl methyl sites for hydroxylation is 1.